The molecule has 0 saturated heterocycles. The van der Waals surface area contributed by atoms with Gasteiger partial charge in [0.15, 0.2) is 13.1 Å². The summed E-state index contributed by atoms with van der Waals surface area (Å²) in [7, 11) is 1.82. The maximum atomic E-state index is 12.4. The van der Waals surface area contributed by atoms with Crippen LogP contribution in [-0.2, 0) is 22.6 Å². The Kier molecular flexibility index (Phi) is 7.52. The molecular formula is C24H32N3O4+. The second-order valence-corrected chi connectivity index (χ2v) is 8.13. The van der Waals surface area contributed by atoms with Crippen molar-refractivity contribution in [3.8, 4) is 11.5 Å². The molecule has 2 atom stereocenters. The summed E-state index contributed by atoms with van der Waals surface area (Å²) in [6.07, 6.45) is 1.01. The molecule has 7 heteroatoms. The van der Waals surface area contributed by atoms with Gasteiger partial charge in [-0.15, -0.1) is 0 Å². The molecule has 2 aromatic rings. The first-order chi connectivity index (χ1) is 14.8. The van der Waals surface area contributed by atoms with Crippen LogP contribution in [0.5, 0.6) is 11.5 Å². The molecule has 2 amide bonds. The summed E-state index contributed by atoms with van der Waals surface area (Å²) in [4.78, 5) is 25.5. The number of quaternary nitrogens is 1. The van der Waals surface area contributed by atoms with Crippen LogP contribution in [0.3, 0.4) is 0 Å². The lowest BCUT2D eigenvalue weighted by Crippen LogP contribution is -3.11. The lowest BCUT2D eigenvalue weighted by Gasteiger charge is -2.15. The molecule has 0 bridgehead atoms. The van der Waals surface area contributed by atoms with Crippen molar-refractivity contribution in [2.45, 2.75) is 39.8 Å². The third-order valence-corrected chi connectivity index (χ3v) is 5.11. The second kappa shape index (κ2) is 10.3. The van der Waals surface area contributed by atoms with Gasteiger partial charge in [0.2, 0.25) is 0 Å². The first kappa shape index (κ1) is 22.6. The van der Waals surface area contributed by atoms with Crippen LogP contribution in [-0.4, -0.2) is 44.7 Å². The van der Waals surface area contributed by atoms with Crippen molar-refractivity contribution in [2.75, 3.05) is 32.1 Å². The Hall–Kier alpha value is -3.06. The predicted octanol–water partition coefficient (Wildman–Crippen LogP) is 1.49. The Morgan fingerprint density at radius 2 is 1.87 bits per heavy atom. The van der Waals surface area contributed by atoms with Gasteiger partial charge in [0.05, 0.1) is 13.7 Å². The van der Waals surface area contributed by atoms with Crippen molar-refractivity contribution in [1.82, 2.24) is 5.32 Å². The monoisotopic (exact) mass is 426 g/mol. The molecule has 166 valence electrons. The Bertz CT molecular complexity index is 927. The van der Waals surface area contributed by atoms with E-state index in [0.29, 0.717) is 13.2 Å². The van der Waals surface area contributed by atoms with Gasteiger partial charge in [0, 0.05) is 29.8 Å². The highest BCUT2D eigenvalue weighted by molar-refractivity contribution is 5.91. The number of aryl methyl sites for hydroxylation is 1. The molecule has 31 heavy (non-hydrogen) atoms. The van der Waals surface area contributed by atoms with Crippen molar-refractivity contribution in [2.24, 2.45) is 0 Å². The zero-order valence-electron chi connectivity index (χ0n) is 18.7. The summed E-state index contributed by atoms with van der Waals surface area (Å²) in [5.74, 6) is 1.38. The van der Waals surface area contributed by atoms with Crippen molar-refractivity contribution in [1.29, 1.82) is 0 Å². The molecule has 0 aromatic heterocycles. The topological polar surface area (TPSA) is 81.1 Å². The number of amides is 2. The lowest BCUT2D eigenvalue weighted by atomic mass is 10.1. The number of fused-ring (bicyclic) bond motifs is 1. The number of ether oxygens (including phenoxy) is 2. The molecular weight excluding hydrogens is 394 g/mol. The first-order valence-corrected chi connectivity index (χ1v) is 10.7. The number of rotatable bonds is 9. The lowest BCUT2D eigenvalue weighted by molar-refractivity contribution is -0.862. The summed E-state index contributed by atoms with van der Waals surface area (Å²) in [6, 6.07) is 11.6. The number of benzene rings is 2. The molecule has 3 rings (SSSR count). The number of hydrogen-bond acceptors (Lipinski definition) is 4. The zero-order chi connectivity index (χ0) is 22.4. The fourth-order valence-corrected chi connectivity index (χ4v) is 3.62. The van der Waals surface area contributed by atoms with Crippen LogP contribution in [0.2, 0.25) is 0 Å². The van der Waals surface area contributed by atoms with Gasteiger partial charge in [-0.1, -0.05) is 17.7 Å². The largest absolute Gasteiger partial charge is 0.494 e. The van der Waals surface area contributed by atoms with E-state index in [0.717, 1.165) is 45.2 Å². The summed E-state index contributed by atoms with van der Waals surface area (Å²) in [5, 5.41) is 5.79. The molecule has 0 saturated carbocycles. The van der Waals surface area contributed by atoms with E-state index in [9.17, 15) is 9.59 Å². The molecule has 1 heterocycles. The normalized spacial score (nSPS) is 15.5. The Labute approximate surface area is 183 Å². The number of carbonyl (C=O) groups is 2. The van der Waals surface area contributed by atoms with Gasteiger partial charge in [-0.05, 0) is 45.0 Å². The Balaban J connectivity index is 1.50. The highest BCUT2D eigenvalue weighted by atomic mass is 16.5. The summed E-state index contributed by atoms with van der Waals surface area (Å²) in [6.45, 7) is 7.28. The quantitative estimate of drug-likeness (QED) is 0.568. The molecule has 1 aliphatic rings. The third kappa shape index (κ3) is 6.46. The second-order valence-electron chi connectivity index (χ2n) is 8.13. The van der Waals surface area contributed by atoms with Crippen molar-refractivity contribution >= 4 is 17.5 Å². The van der Waals surface area contributed by atoms with E-state index in [2.05, 4.69) is 10.6 Å². The van der Waals surface area contributed by atoms with Crippen molar-refractivity contribution in [3.63, 3.8) is 0 Å². The maximum Gasteiger partial charge on any atom is 0.279 e. The van der Waals surface area contributed by atoms with Gasteiger partial charge in [-0.3, -0.25) is 9.59 Å². The third-order valence-electron chi connectivity index (χ3n) is 5.11. The van der Waals surface area contributed by atoms with E-state index in [1.165, 1.54) is 0 Å². The predicted molar refractivity (Wildman–Crippen MR) is 120 cm³/mol. The molecule has 0 aliphatic carbocycles. The van der Waals surface area contributed by atoms with Crippen LogP contribution in [0.1, 0.15) is 30.5 Å². The summed E-state index contributed by atoms with van der Waals surface area (Å²) >= 11 is 0. The molecule has 3 N–H and O–H groups in total. The van der Waals surface area contributed by atoms with Crippen LogP contribution in [0.4, 0.5) is 5.69 Å². The number of nitrogens with one attached hydrogen (secondary N) is 3. The maximum absolute atomic E-state index is 12.4. The number of anilines is 1. The van der Waals surface area contributed by atoms with Crippen LogP contribution in [0.25, 0.3) is 0 Å². The fraction of sp³-hybridized carbons (Fsp3) is 0.417. The summed E-state index contributed by atoms with van der Waals surface area (Å²) in [5.41, 5.74) is 3.91. The highest BCUT2D eigenvalue weighted by Gasteiger charge is 2.22. The average molecular weight is 427 g/mol. The smallest absolute Gasteiger partial charge is 0.279 e. The number of carbonyl (C=O) groups excluding carboxylic acids is 2. The van der Waals surface area contributed by atoms with E-state index < -0.39 is 0 Å². The fourth-order valence-electron chi connectivity index (χ4n) is 3.62. The molecule has 1 unspecified atom stereocenters. The van der Waals surface area contributed by atoms with Crippen LogP contribution < -0.4 is 25.0 Å². The minimum atomic E-state index is -0.127. The van der Waals surface area contributed by atoms with Crippen LogP contribution in [0, 0.1) is 6.92 Å². The first-order valence-electron chi connectivity index (χ1n) is 10.7. The number of likely N-dealkylation sites (N-methyl/N-ethyl adjacent to an activating group) is 1. The van der Waals surface area contributed by atoms with Gasteiger partial charge >= 0.3 is 0 Å². The van der Waals surface area contributed by atoms with Crippen molar-refractivity contribution < 1.29 is 24.0 Å². The van der Waals surface area contributed by atoms with Gasteiger partial charge in [-0.25, -0.2) is 0 Å². The zero-order valence-corrected chi connectivity index (χ0v) is 18.7. The van der Waals surface area contributed by atoms with Gasteiger partial charge < -0.3 is 25.0 Å². The minimum Gasteiger partial charge on any atom is -0.494 e. The molecule has 7 nitrogen and oxygen atoms in total. The Morgan fingerprint density at radius 1 is 1.16 bits per heavy atom. The van der Waals surface area contributed by atoms with Crippen LogP contribution in [0.15, 0.2) is 36.4 Å². The van der Waals surface area contributed by atoms with Crippen molar-refractivity contribution in [3.05, 3.63) is 53.1 Å². The Morgan fingerprint density at radius 3 is 2.58 bits per heavy atom. The van der Waals surface area contributed by atoms with E-state index in [1.54, 1.807) is 0 Å². The van der Waals surface area contributed by atoms with E-state index in [-0.39, 0.29) is 31.0 Å². The van der Waals surface area contributed by atoms with E-state index in [1.807, 2.05) is 64.2 Å². The SMILES string of the molecule is CCOc1cc2c(cc1CNC(=O)C[NH+](C)CC(=O)Nc1ccc(C)cc1)O[C@H](C)C2. The highest BCUT2D eigenvalue weighted by Crippen LogP contribution is 2.35. The van der Waals surface area contributed by atoms with Gasteiger partial charge in [0.25, 0.3) is 11.8 Å². The summed E-state index contributed by atoms with van der Waals surface area (Å²) < 4.78 is 11.6. The molecule has 0 spiro atoms. The number of hydrogen-bond donors (Lipinski definition) is 3. The van der Waals surface area contributed by atoms with Gasteiger partial charge in [-0.2, -0.15) is 0 Å². The molecule has 1 aliphatic heterocycles. The van der Waals surface area contributed by atoms with E-state index in [4.69, 9.17) is 9.47 Å². The minimum absolute atomic E-state index is 0.127. The molecule has 0 radical (unpaired) electrons. The molecule has 2 aromatic carbocycles. The van der Waals surface area contributed by atoms with E-state index >= 15 is 0 Å². The van der Waals surface area contributed by atoms with Gasteiger partial charge in [0.1, 0.15) is 17.6 Å². The molecule has 0 fully saturated rings. The van der Waals surface area contributed by atoms with Crippen LogP contribution >= 0.6 is 0 Å². The average Bonchev–Trinajstić information content (AvgIpc) is 3.06. The standard InChI is InChI=1S/C24H31N3O4/c1-5-30-21-11-18-10-17(3)31-22(18)12-19(21)13-25-23(28)14-27(4)15-24(29)26-20-8-6-16(2)7-9-20/h6-9,11-12,17H,5,10,13-15H2,1-4H3,(H,25,28)(H,26,29)/p+1/t17-/m1/s1.